The molecule has 0 aromatic rings. The van der Waals surface area contributed by atoms with E-state index in [1.807, 2.05) is 0 Å². The topological polar surface area (TPSA) is 155 Å². The maximum absolute atomic E-state index is 12.9. The molecule has 0 bridgehead atoms. The first-order chi connectivity index (χ1) is 35.2. The summed E-state index contributed by atoms with van der Waals surface area (Å²) < 4.78 is 39.4. The van der Waals surface area contributed by atoms with Gasteiger partial charge < -0.3 is 24.2 Å². The van der Waals surface area contributed by atoms with Gasteiger partial charge in [0.25, 0.3) is 0 Å². The summed E-state index contributed by atoms with van der Waals surface area (Å²) in [4.78, 5) is 48.5. The molecule has 3 unspecified atom stereocenters. The number of phosphoric acid groups is 1. The van der Waals surface area contributed by atoms with Crippen molar-refractivity contribution in [2.75, 3.05) is 26.4 Å². The van der Waals surface area contributed by atoms with E-state index in [4.69, 9.17) is 23.3 Å². The zero-order chi connectivity index (χ0) is 52.7. The van der Waals surface area contributed by atoms with Crippen LogP contribution in [0.25, 0.3) is 0 Å². The van der Waals surface area contributed by atoms with Crippen LogP contribution in [0.2, 0.25) is 0 Å². The zero-order valence-electron chi connectivity index (χ0n) is 45.1. The van der Waals surface area contributed by atoms with E-state index in [1.165, 1.54) is 19.3 Å². The number of aliphatic hydroxyl groups excluding tert-OH is 1. The minimum atomic E-state index is -4.77. The second-order valence-corrected chi connectivity index (χ2v) is 19.4. The van der Waals surface area contributed by atoms with Crippen molar-refractivity contribution in [3.8, 4) is 0 Å². The van der Waals surface area contributed by atoms with Gasteiger partial charge in [-0.2, -0.15) is 0 Å². The number of unbranched alkanes of at least 4 members (excludes halogenated alkanes) is 15. The van der Waals surface area contributed by atoms with Gasteiger partial charge in [0.1, 0.15) is 12.7 Å². The van der Waals surface area contributed by atoms with Crippen LogP contribution < -0.4 is 0 Å². The molecule has 0 aliphatic carbocycles. The molecule has 0 aromatic heterocycles. The van der Waals surface area contributed by atoms with Gasteiger partial charge in [-0.1, -0.05) is 182 Å². The predicted octanol–water partition coefficient (Wildman–Crippen LogP) is 16.2. The van der Waals surface area contributed by atoms with Gasteiger partial charge in [0, 0.05) is 19.3 Å². The fourth-order valence-corrected chi connectivity index (χ4v) is 7.76. The Morgan fingerprint density at radius 2 is 0.722 bits per heavy atom. The van der Waals surface area contributed by atoms with Gasteiger partial charge in [-0.15, -0.1) is 0 Å². The number of aliphatic hydroxyl groups is 1. The fourth-order valence-electron chi connectivity index (χ4n) is 6.98. The maximum atomic E-state index is 12.9. The molecular weight excluding hydrogens is 928 g/mol. The number of carbonyl (C=O) groups excluding carboxylic acids is 3. The molecule has 2 N–H and O–H groups in total. The van der Waals surface area contributed by atoms with Gasteiger partial charge in [-0.25, -0.2) is 4.57 Å². The minimum absolute atomic E-state index is 0.134. The predicted molar refractivity (Wildman–Crippen MR) is 297 cm³/mol. The van der Waals surface area contributed by atoms with Gasteiger partial charge in [-0.05, 0) is 122 Å². The van der Waals surface area contributed by atoms with E-state index in [9.17, 15) is 28.9 Å². The molecule has 0 spiro atoms. The van der Waals surface area contributed by atoms with Crippen LogP contribution in [0.5, 0.6) is 0 Å². The van der Waals surface area contributed by atoms with Crippen molar-refractivity contribution < 1.29 is 52.2 Å². The molecule has 0 heterocycles. The number of esters is 3. The average Bonchev–Trinajstić information content (AvgIpc) is 3.37. The Hall–Kier alpha value is -3.86. The Morgan fingerprint density at radius 3 is 1.12 bits per heavy atom. The Morgan fingerprint density at radius 1 is 0.403 bits per heavy atom. The highest BCUT2D eigenvalue weighted by Gasteiger charge is 2.28. The van der Waals surface area contributed by atoms with Crippen LogP contribution in [0, 0.1) is 0 Å². The average molecular weight is 1030 g/mol. The molecule has 12 heteroatoms. The van der Waals surface area contributed by atoms with Gasteiger partial charge in [0.05, 0.1) is 19.8 Å². The monoisotopic (exact) mass is 1030 g/mol. The summed E-state index contributed by atoms with van der Waals surface area (Å²) in [7, 11) is -4.77. The van der Waals surface area contributed by atoms with Crippen molar-refractivity contribution in [3.05, 3.63) is 109 Å². The molecule has 0 fully saturated rings. The van der Waals surface area contributed by atoms with Crippen LogP contribution in [0.1, 0.15) is 213 Å². The highest BCUT2D eigenvalue weighted by Crippen LogP contribution is 2.43. The van der Waals surface area contributed by atoms with Crippen LogP contribution >= 0.6 is 7.82 Å². The number of phosphoric ester groups is 1. The van der Waals surface area contributed by atoms with Crippen molar-refractivity contribution in [1.29, 1.82) is 0 Å². The fraction of sp³-hybridized carbons (Fsp3) is 0.650. The molecule has 410 valence electrons. The molecule has 0 saturated heterocycles. The van der Waals surface area contributed by atoms with E-state index in [0.29, 0.717) is 19.3 Å². The molecule has 72 heavy (non-hydrogen) atoms. The van der Waals surface area contributed by atoms with Crippen molar-refractivity contribution in [2.45, 2.75) is 226 Å². The van der Waals surface area contributed by atoms with E-state index < -0.39 is 57.8 Å². The number of allylic oxidation sites excluding steroid dienone is 18. The van der Waals surface area contributed by atoms with Crippen molar-refractivity contribution in [2.24, 2.45) is 0 Å². The smallest absolute Gasteiger partial charge is 0.462 e. The van der Waals surface area contributed by atoms with E-state index in [1.54, 1.807) is 0 Å². The molecule has 0 rings (SSSR count). The third-order valence-electron chi connectivity index (χ3n) is 11.2. The van der Waals surface area contributed by atoms with E-state index >= 15 is 0 Å². The lowest BCUT2D eigenvalue weighted by atomic mass is 10.1. The minimum Gasteiger partial charge on any atom is -0.462 e. The van der Waals surface area contributed by atoms with Crippen LogP contribution in [0.4, 0.5) is 0 Å². The molecule has 3 atom stereocenters. The molecule has 0 aliphatic rings. The van der Waals surface area contributed by atoms with Gasteiger partial charge in [0.2, 0.25) is 0 Å². The Bertz CT molecular complexity index is 1620. The number of carbonyl (C=O) groups is 3. The third-order valence-corrected chi connectivity index (χ3v) is 12.1. The highest BCUT2D eigenvalue weighted by molar-refractivity contribution is 7.47. The number of hydrogen-bond acceptors (Lipinski definition) is 10. The van der Waals surface area contributed by atoms with Crippen molar-refractivity contribution >= 4 is 25.7 Å². The first-order valence-corrected chi connectivity index (χ1v) is 29.3. The summed E-state index contributed by atoms with van der Waals surface area (Å²) in [5.74, 6) is -1.55. The largest absolute Gasteiger partial charge is 0.472 e. The zero-order valence-corrected chi connectivity index (χ0v) is 46.0. The van der Waals surface area contributed by atoms with Crippen LogP contribution in [0.3, 0.4) is 0 Å². The molecular formula is C60H99O11P. The summed E-state index contributed by atoms with van der Waals surface area (Å²) in [5.41, 5.74) is 0. The first-order valence-electron chi connectivity index (χ1n) is 27.8. The Kier molecular flexibility index (Phi) is 50.6. The van der Waals surface area contributed by atoms with Crippen LogP contribution in [-0.2, 0) is 42.2 Å². The molecule has 0 aromatic carbocycles. The van der Waals surface area contributed by atoms with Gasteiger partial charge in [-0.3, -0.25) is 23.4 Å². The van der Waals surface area contributed by atoms with E-state index in [0.717, 1.165) is 135 Å². The lowest BCUT2D eigenvalue weighted by molar-refractivity contribution is -0.161. The van der Waals surface area contributed by atoms with Crippen molar-refractivity contribution in [3.63, 3.8) is 0 Å². The molecule has 0 aliphatic heterocycles. The van der Waals surface area contributed by atoms with Gasteiger partial charge in [0.15, 0.2) is 6.10 Å². The normalized spacial score (nSPS) is 14.2. The lowest BCUT2D eigenvalue weighted by Crippen LogP contribution is -2.30. The second kappa shape index (κ2) is 53.4. The van der Waals surface area contributed by atoms with Crippen molar-refractivity contribution in [1.82, 2.24) is 0 Å². The van der Waals surface area contributed by atoms with Gasteiger partial charge >= 0.3 is 25.7 Å². The van der Waals surface area contributed by atoms with Crippen LogP contribution in [-0.4, -0.2) is 66.5 Å². The standard InChI is InChI=1S/C60H99O11P/c1-4-7-10-13-16-19-22-25-27-28-30-32-34-37-40-43-46-49-58(62)67-53-57(71-60(64)51-48-45-42-39-36-33-29-26-23-20-17-14-11-8-5-2)55-69-72(65,66)68-54-56(52-61)70-59(63)50-47-44-41-38-35-31-24-21-18-15-12-9-6-3/h7,9-10,12,16-21,25-27,29-32,35,56-57,61H,4-6,8,11,13-15,22-24,28,33-34,36-55H2,1-3H3,(H,65,66)/b10-7-,12-9-,19-16-,20-17-,21-18-,27-25-,29-26-,32-30-,35-31-. The summed E-state index contributed by atoms with van der Waals surface area (Å²) in [6.45, 7) is 4.29. The maximum Gasteiger partial charge on any atom is 0.472 e. The van der Waals surface area contributed by atoms with Crippen LogP contribution in [0.15, 0.2) is 109 Å². The molecule has 0 saturated carbocycles. The van der Waals surface area contributed by atoms with E-state index in [2.05, 4.69) is 130 Å². The quantitative estimate of drug-likeness (QED) is 0.0197. The number of ether oxygens (including phenoxy) is 3. The summed E-state index contributed by atoms with van der Waals surface area (Å²) in [6.07, 6.45) is 63.4. The number of rotatable bonds is 50. The molecule has 0 radical (unpaired) electrons. The Labute approximate surface area is 437 Å². The SMILES string of the molecule is CC/C=C\C/C=C\C/C=C\C/C=C\CCCCCCC(=O)OCC(COP(=O)(O)OCC(CO)OC(=O)CCCCC/C=C\C/C=C\C/C=C\CC)OC(=O)CCCCCCC/C=C\C/C=C\CCCCC. The first kappa shape index (κ1) is 68.1. The summed E-state index contributed by atoms with van der Waals surface area (Å²) in [5, 5.41) is 9.79. The lowest BCUT2D eigenvalue weighted by Gasteiger charge is -2.21. The highest BCUT2D eigenvalue weighted by atomic mass is 31.2. The second-order valence-electron chi connectivity index (χ2n) is 18.0. The summed E-state index contributed by atoms with van der Waals surface area (Å²) >= 11 is 0. The summed E-state index contributed by atoms with van der Waals surface area (Å²) in [6, 6.07) is 0. The van der Waals surface area contributed by atoms with E-state index in [-0.39, 0.29) is 25.9 Å². The number of hydrogen-bond donors (Lipinski definition) is 2. The molecule has 11 nitrogen and oxygen atoms in total. The molecule has 0 amide bonds. The third kappa shape index (κ3) is 51.1. The Balaban J connectivity index is 4.84.